The molecule has 0 aliphatic rings. The summed E-state index contributed by atoms with van der Waals surface area (Å²) < 4.78 is 27.9. The molecule has 0 unspecified atom stereocenters. The Morgan fingerprint density at radius 2 is 1.88 bits per heavy atom. The van der Waals surface area contributed by atoms with E-state index in [9.17, 15) is 8.78 Å². The average Bonchev–Trinajstić information content (AvgIpc) is 2.72. The zero-order chi connectivity index (χ0) is 11.8. The second-order valence-electron chi connectivity index (χ2n) is 3.57. The number of hydrogen-bond donors (Lipinski definition) is 0. The van der Waals surface area contributed by atoms with Crippen molar-refractivity contribution >= 4 is 11.0 Å². The normalized spacial score (nSPS) is 10.9. The molecule has 84 valence electrons. The monoisotopic (exact) mass is 231 g/mol. The van der Waals surface area contributed by atoms with Crippen molar-refractivity contribution in [3.05, 3.63) is 54.4 Å². The molecule has 0 aliphatic carbocycles. The van der Waals surface area contributed by atoms with Crippen LogP contribution in [0.1, 0.15) is 0 Å². The third-order valence-electron chi connectivity index (χ3n) is 2.46. The average molecular weight is 231 g/mol. The van der Waals surface area contributed by atoms with E-state index in [-0.39, 0.29) is 0 Å². The van der Waals surface area contributed by atoms with Gasteiger partial charge in [0.05, 0.1) is 12.4 Å². The smallest absolute Gasteiger partial charge is 0.163 e. The first kappa shape index (κ1) is 9.89. The van der Waals surface area contributed by atoms with Gasteiger partial charge in [0.25, 0.3) is 0 Å². The van der Waals surface area contributed by atoms with Gasteiger partial charge < -0.3 is 0 Å². The summed E-state index contributed by atoms with van der Waals surface area (Å²) in [5.41, 5.74) is 0.720. The standard InChI is InChI=1S/C12H7F2N3/c13-9-5-8-6-16-17(12(8)15-7-9)11-4-2-1-3-10(11)14/h1-7H. The minimum Gasteiger partial charge on any atom is -0.233 e. The summed E-state index contributed by atoms with van der Waals surface area (Å²) in [6.07, 6.45) is 2.54. The van der Waals surface area contributed by atoms with Gasteiger partial charge in [-0.1, -0.05) is 12.1 Å². The third-order valence-corrected chi connectivity index (χ3v) is 2.46. The number of aromatic nitrogens is 3. The van der Waals surface area contributed by atoms with Gasteiger partial charge in [0.15, 0.2) is 5.65 Å². The van der Waals surface area contributed by atoms with Crippen LogP contribution in [0.5, 0.6) is 0 Å². The lowest BCUT2D eigenvalue weighted by molar-refractivity contribution is 0.612. The summed E-state index contributed by atoms with van der Waals surface area (Å²) in [5.74, 6) is -0.839. The topological polar surface area (TPSA) is 30.7 Å². The number of rotatable bonds is 1. The van der Waals surface area contributed by atoms with Crippen molar-refractivity contribution in [3.63, 3.8) is 0 Å². The van der Waals surface area contributed by atoms with E-state index in [0.717, 1.165) is 6.20 Å². The highest BCUT2D eigenvalue weighted by molar-refractivity contribution is 5.76. The Kier molecular flexibility index (Phi) is 2.11. The summed E-state index contributed by atoms with van der Waals surface area (Å²) >= 11 is 0. The van der Waals surface area contributed by atoms with Crippen LogP contribution < -0.4 is 0 Å². The Bertz CT molecular complexity index is 691. The zero-order valence-corrected chi connectivity index (χ0v) is 8.64. The van der Waals surface area contributed by atoms with Crippen LogP contribution in [0.3, 0.4) is 0 Å². The molecule has 0 aliphatic heterocycles. The molecule has 3 aromatic rings. The number of para-hydroxylation sites is 1. The minimum absolute atomic E-state index is 0.293. The number of nitrogens with zero attached hydrogens (tertiary/aromatic N) is 3. The van der Waals surface area contributed by atoms with Crippen LogP contribution in [0.4, 0.5) is 8.78 Å². The van der Waals surface area contributed by atoms with E-state index >= 15 is 0 Å². The fraction of sp³-hybridized carbons (Fsp3) is 0. The predicted octanol–water partition coefficient (Wildman–Crippen LogP) is 2.70. The van der Waals surface area contributed by atoms with Crippen molar-refractivity contribution in [1.82, 2.24) is 14.8 Å². The van der Waals surface area contributed by atoms with Crippen LogP contribution in [0.2, 0.25) is 0 Å². The van der Waals surface area contributed by atoms with Crippen LogP contribution in [0.15, 0.2) is 42.7 Å². The summed E-state index contributed by atoms with van der Waals surface area (Å²) in [5, 5.41) is 4.55. The number of benzene rings is 1. The van der Waals surface area contributed by atoms with Crippen molar-refractivity contribution in [1.29, 1.82) is 0 Å². The zero-order valence-electron chi connectivity index (χ0n) is 8.64. The first-order valence-corrected chi connectivity index (χ1v) is 5.00. The molecular formula is C12H7F2N3. The highest BCUT2D eigenvalue weighted by atomic mass is 19.1. The largest absolute Gasteiger partial charge is 0.233 e. The van der Waals surface area contributed by atoms with E-state index in [0.29, 0.717) is 16.7 Å². The highest BCUT2D eigenvalue weighted by Crippen LogP contribution is 2.18. The van der Waals surface area contributed by atoms with Crippen LogP contribution in [0, 0.1) is 11.6 Å². The molecular weight excluding hydrogens is 224 g/mol. The van der Waals surface area contributed by atoms with Crippen molar-refractivity contribution in [3.8, 4) is 5.69 Å². The lowest BCUT2D eigenvalue weighted by atomic mass is 10.3. The molecule has 0 N–H and O–H groups in total. The molecule has 1 aromatic carbocycles. The molecule has 3 rings (SSSR count). The van der Waals surface area contributed by atoms with Gasteiger partial charge in [0.2, 0.25) is 0 Å². The Balaban J connectivity index is 2.29. The van der Waals surface area contributed by atoms with Gasteiger partial charge in [-0.2, -0.15) is 5.10 Å². The number of fused-ring (bicyclic) bond motifs is 1. The molecule has 3 nitrogen and oxygen atoms in total. The number of pyridine rings is 1. The van der Waals surface area contributed by atoms with E-state index in [1.807, 2.05) is 0 Å². The molecule has 0 spiro atoms. The van der Waals surface area contributed by atoms with Gasteiger partial charge in [-0.05, 0) is 18.2 Å². The van der Waals surface area contributed by atoms with E-state index in [4.69, 9.17) is 0 Å². The van der Waals surface area contributed by atoms with Crippen molar-refractivity contribution in [2.24, 2.45) is 0 Å². The quantitative estimate of drug-likeness (QED) is 0.644. The highest BCUT2D eigenvalue weighted by Gasteiger charge is 2.10. The lowest BCUT2D eigenvalue weighted by Crippen LogP contribution is -2.00. The SMILES string of the molecule is Fc1cnc2c(cnn2-c2ccccc2F)c1. The lowest BCUT2D eigenvalue weighted by Gasteiger charge is -2.03. The summed E-state index contributed by atoms with van der Waals surface area (Å²) in [7, 11) is 0. The minimum atomic E-state index is -0.439. The summed E-state index contributed by atoms with van der Waals surface area (Å²) in [4.78, 5) is 3.92. The van der Waals surface area contributed by atoms with Crippen LogP contribution >= 0.6 is 0 Å². The van der Waals surface area contributed by atoms with E-state index in [2.05, 4.69) is 10.1 Å². The molecule has 0 saturated heterocycles. The van der Waals surface area contributed by atoms with Crippen LogP contribution in [-0.2, 0) is 0 Å². The molecule has 0 atom stereocenters. The Morgan fingerprint density at radius 1 is 1.06 bits per heavy atom. The van der Waals surface area contributed by atoms with E-state index in [1.165, 1.54) is 23.0 Å². The second-order valence-corrected chi connectivity index (χ2v) is 3.57. The van der Waals surface area contributed by atoms with Crippen LogP contribution in [0.25, 0.3) is 16.7 Å². The molecule has 0 bridgehead atoms. The molecule has 2 aromatic heterocycles. The Hall–Kier alpha value is -2.30. The summed E-state index contributed by atoms with van der Waals surface area (Å²) in [6, 6.07) is 7.54. The van der Waals surface area contributed by atoms with Crippen LogP contribution in [-0.4, -0.2) is 14.8 Å². The number of halogens is 2. The molecule has 0 fully saturated rings. The molecule has 0 amide bonds. The van der Waals surface area contributed by atoms with Gasteiger partial charge >= 0.3 is 0 Å². The third kappa shape index (κ3) is 1.56. The Morgan fingerprint density at radius 3 is 2.71 bits per heavy atom. The fourth-order valence-electron chi connectivity index (χ4n) is 1.69. The van der Waals surface area contributed by atoms with E-state index < -0.39 is 11.6 Å². The first-order chi connectivity index (χ1) is 8.25. The first-order valence-electron chi connectivity index (χ1n) is 5.00. The van der Waals surface area contributed by atoms with Gasteiger partial charge in [0, 0.05) is 5.39 Å². The fourth-order valence-corrected chi connectivity index (χ4v) is 1.69. The Labute approximate surface area is 95.3 Å². The van der Waals surface area contributed by atoms with Gasteiger partial charge in [-0.15, -0.1) is 0 Å². The van der Waals surface area contributed by atoms with Gasteiger partial charge in [-0.3, -0.25) is 0 Å². The molecule has 0 saturated carbocycles. The predicted molar refractivity (Wildman–Crippen MR) is 58.8 cm³/mol. The maximum atomic E-state index is 13.6. The molecule has 5 heteroatoms. The van der Waals surface area contributed by atoms with Crippen molar-refractivity contribution in [2.75, 3.05) is 0 Å². The molecule has 17 heavy (non-hydrogen) atoms. The van der Waals surface area contributed by atoms with Crippen molar-refractivity contribution < 1.29 is 8.78 Å². The molecule has 2 heterocycles. The van der Waals surface area contributed by atoms with Crippen molar-refractivity contribution in [2.45, 2.75) is 0 Å². The molecule has 0 radical (unpaired) electrons. The second kappa shape index (κ2) is 3.62. The van der Waals surface area contributed by atoms with E-state index in [1.54, 1.807) is 18.2 Å². The van der Waals surface area contributed by atoms with Gasteiger partial charge in [0.1, 0.15) is 17.3 Å². The summed E-state index contributed by atoms with van der Waals surface area (Å²) in [6.45, 7) is 0. The number of hydrogen-bond acceptors (Lipinski definition) is 2. The van der Waals surface area contributed by atoms with Gasteiger partial charge in [-0.25, -0.2) is 18.4 Å². The maximum absolute atomic E-state index is 13.6. The maximum Gasteiger partial charge on any atom is 0.163 e.